The van der Waals surface area contributed by atoms with E-state index in [1.807, 2.05) is 0 Å². The van der Waals surface area contributed by atoms with Crippen molar-refractivity contribution < 1.29 is 9.59 Å². The summed E-state index contributed by atoms with van der Waals surface area (Å²) in [6.45, 7) is 0.612. The van der Waals surface area contributed by atoms with Crippen LogP contribution in [0.25, 0.3) is 0 Å². The Kier molecular flexibility index (Phi) is 5.94. The molecule has 0 saturated carbocycles. The molecule has 19 heavy (non-hydrogen) atoms. The highest BCUT2D eigenvalue weighted by Gasteiger charge is 2.13. The number of amides is 1. The zero-order valence-electron chi connectivity index (χ0n) is 10.3. The largest absolute Gasteiger partial charge is 0.370 e. The van der Waals surface area contributed by atoms with Gasteiger partial charge in [0.05, 0.1) is 0 Å². The average molecular weight is 282 g/mol. The van der Waals surface area contributed by atoms with E-state index < -0.39 is 5.91 Å². The Morgan fingerprint density at radius 2 is 2.16 bits per heavy atom. The maximum Gasteiger partial charge on any atom is 0.268 e. The van der Waals surface area contributed by atoms with Crippen molar-refractivity contribution in [1.82, 2.24) is 10.3 Å². The Hall–Kier alpha value is -1.96. The minimum Gasteiger partial charge on any atom is -0.370 e. The molecule has 1 radical (unpaired) electrons. The first-order valence-corrected chi connectivity index (χ1v) is 6.59. The van der Waals surface area contributed by atoms with Crippen LogP contribution >= 0.6 is 11.3 Å². The van der Waals surface area contributed by atoms with Gasteiger partial charge in [0.15, 0.2) is 16.8 Å². The molecule has 0 aliphatic rings. The molecule has 1 rings (SSSR count). The van der Waals surface area contributed by atoms with Crippen molar-refractivity contribution in [3.05, 3.63) is 22.5 Å². The minimum absolute atomic E-state index is 0.0539. The van der Waals surface area contributed by atoms with Gasteiger partial charge < -0.3 is 16.8 Å². The summed E-state index contributed by atoms with van der Waals surface area (Å²) in [5.74, 6) is -0.885. The van der Waals surface area contributed by atoms with Gasteiger partial charge in [-0.15, -0.1) is 11.3 Å². The Bertz CT molecular complexity index is 471. The number of hydrogen-bond donors (Lipinski definition) is 4. The Labute approximate surface area is 114 Å². The lowest BCUT2D eigenvalue weighted by atomic mass is 10.1. The van der Waals surface area contributed by atoms with Gasteiger partial charge in [0.2, 0.25) is 0 Å². The molecule has 0 aromatic carbocycles. The maximum atomic E-state index is 11.7. The molecule has 8 heteroatoms. The number of aromatic nitrogens is 1. The van der Waals surface area contributed by atoms with Crippen molar-refractivity contribution >= 4 is 29.0 Å². The summed E-state index contributed by atoms with van der Waals surface area (Å²) in [7, 11) is 0. The van der Waals surface area contributed by atoms with Crippen molar-refractivity contribution in [2.75, 3.05) is 6.54 Å². The molecule has 1 aromatic heterocycles. The molecule has 6 N–H and O–H groups in total. The number of unbranched alkanes of at least 4 members (excludes halogenated alkanes) is 2. The van der Waals surface area contributed by atoms with Crippen molar-refractivity contribution in [2.24, 2.45) is 11.5 Å². The van der Waals surface area contributed by atoms with Crippen molar-refractivity contribution in [3.63, 3.8) is 0 Å². The van der Waals surface area contributed by atoms with Crippen LogP contribution in [0.15, 0.2) is 5.38 Å². The highest BCUT2D eigenvalue weighted by Crippen LogP contribution is 2.13. The molecule has 0 fully saturated rings. The van der Waals surface area contributed by atoms with Gasteiger partial charge in [-0.1, -0.05) is 6.42 Å². The highest BCUT2D eigenvalue weighted by atomic mass is 32.1. The van der Waals surface area contributed by atoms with Crippen LogP contribution in [0.3, 0.4) is 0 Å². The number of guanidine groups is 1. The van der Waals surface area contributed by atoms with Crippen LogP contribution in [0.5, 0.6) is 0 Å². The highest BCUT2D eigenvalue weighted by molar-refractivity contribution is 7.12. The van der Waals surface area contributed by atoms with Crippen molar-refractivity contribution in [2.45, 2.75) is 19.3 Å². The van der Waals surface area contributed by atoms with E-state index in [9.17, 15) is 9.59 Å². The second-order valence-electron chi connectivity index (χ2n) is 3.81. The van der Waals surface area contributed by atoms with E-state index in [0.717, 1.165) is 24.2 Å². The van der Waals surface area contributed by atoms with Gasteiger partial charge in [-0.2, -0.15) is 0 Å². The van der Waals surface area contributed by atoms with Gasteiger partial charge in [0.25, 0.3) is 5.91 Å². The molecule has 0 saturated heterocycles. The number of carbonyl (C=O) groups is 2. The average Bonchev–Trinajstić information content (AvgIpc) is 2.82. The van der Waals surface area contributed by atoms with Gasteiger partial charge >= 0.3 is 0 Å². The number of hydrogen-bond acceptors (Lipinski definition) is 5. The molecular formula is C11H16N5O2S. The number of nitrogens with two attached hydrogens (primary N) is 2. The lowest BCUT2D eigenvalue weighted by molar-refractivity contribution is 0.0996. The van der Waals surface area contributed by atoms with Gasteiger partial charge in [0, 0.05) is 18.3 Å². The molecule has 0 bridgehead atoms. The third-order valence-electron chi connectivity index (χ3n) is 2.24. The number of rotatable bonds is 8. The fourth-order valence-electron chi connectivity index (χ4n) is 1.31. The van der Waals surface area contributed by atoms with Crippen molar-refractivity contribution in [1.29, 1.82) is 5.41 Å². The third-order valence-corrected chi connectivity index (χ3v) is 3.10. The maximum absolute atomic E-state index is 11.7. The van der Waals surface area contributed by atoms with Gasteiger partial charge in [-0.25, -0.2) is 4.98 Å². The van der Waals surface area contributed by atoms with Crippen molar-refractivity contribution in [3.8, 4) is 0 Å². The summed E-state index contributed by atoms with van der Waals surface area (Å²) in [5.41, 5.74) is 10.3. The molecule has 0 unspecified atom stereocenters. The summed E-state index contributed by atoms with van der Waals surface area (Å²) in [5, 5.41) is 11.4. The number of nitrogens with zero attached hydrogens (tertiary/aromatic N) is 1. The van der Waals surface area contributed by atoms with Crippen LogP contribution < -0.4 is 16.8 Å². The number of Topliss-reactive ketones (excluding diaryl/α,β-unsaturated/α-hetero) is 1. The third kappa shape index (κ3) is 5.47. The van der Waals surface area contributed by atoms with Gasteiger partial charge in [-0.3, -0.25) is 15.0 Å². The summed E-state index contributed by atoms with van der Waals surface area (Å²) >= 11 is 1.11. The molecule has 0 aliphatic heterocycles. The smallest absolute Gasteiger partial charge is 0.268 e. The summed E-state index contributed by atoms with van der Waals surface area (Å²) in [6, 6.07) is 0. The predicted octanol–water partition coefficient (Wildman–Crippen LogP) is 0.282. The molecule has 0 spiro atoms. The Balaban J connectivity index is 2.23. The summed E-state index contributed by atoms with van der Waals surface area (Å²) in [4.78, 5) is 26.4. The first kappa shape index (κ1) is 15.1. The second kappa shape index (κ2) is 7.47. The molecule has 7 nitrogen and oxygen atoms in total. The van der Waals surface area contributed by atoms with E-state index in [1.165, 1.54) is 11.8 Å². The number of carbonyl (C=O) groups excluding carboxylic acids is 2. The minimum atomic E-state index is -0.634. The zero-order valence-corrected chi connectivity index (χ0v) is 11.1. The van der Waals surface area contributed by atoms with Crippen LogP contribution in [0, 0.1) is 11.8 Å². The van der Waals surface area contributed by atoms with Crippen LogP contribution in [0.4, 0.5) is 0 Å². The van der Waals surface area contributed by atoms with E-state index >= 15 is 0 Å². The fraction of sp³-hybridized carbons (Fsp3) is 0.364. The first-order chi connectivity index (χ1) is 9.00. The van der Waals surface area contributed by atoms with Crippen LogP contribution in [0.1, 0.15) is 39.6 Å². The molecule has 1 aromatic rings. The lowest BCUT2D eigenvalue weighted by Crippen LogP contribution is -2.30. The van der Waals surface area contributed by atoms with Crippen LogP contribution in [-0.2, 0) is 0 Å². The first-order valence-electron chi connectivity index (χ1n) is 5.71. The molecule has 1 heterocycles. The quantitative estimate of drug-likeness (QED) is 0.235. The molecule has 0 atom stereocenters. The number of nitrogens with one attached hydrogen (secondary N) is 2. The van der Waals surface area contributed by atoms with E-state index in [2.05, 4.69) is 10.3 Å². The number of thiazole rings is 1. The fourth-order valence-corrected chi connectivity index (χ4v) is 2.06. The van der Waals surface area contributed by atoms with E-state index in [0.29, 0.717) is 13.0 Å². The monoisotopic (exact) mass is 282 g/mol. The van der Waals surface area contributed by atoms with Gasteiger partial charge in [0.1, 0.15) is 5.69 Å². The lowest BCUT2D eigenvalue weighted by Gasteiger charge is -2.02. The van der Waals surface area contributed by atoms with E-state index in [1.54, 1.807) is 0 Å². The van der Waals surface area contributed by atoms with E-state index in [4.69, 9.17) is 16.9 Å². The molecule has 1 amide bonds. The zero-order chi connectivity index (χ0) is 14.3. The Morgan fingerprint density at radius 1 is 1.42 bits per heavy atom. The molecule has 0 aliphatic carbocycles. The number of primary amides is 1. The van der Waals surface area contributed by atoms with Crippen LogP contribution in [-0.4, -0.2) is 29.2 Å². The normalized spacial score (nSPS) is 10.1. The Morgan fingerprint density at radius 3 is 2.74 bits per heavy atom. The SMILES string of the molecule is N=C(N)NCCCC[CH]C(=O)c1nc(C(N)=O)cs1. The van der Waals surface area contributed by atoms with E-state index in [-0.39, 0.29) is 22.4 Å². The topological polar surface area (TPSA) is 135 Å². The van der Waals surface area contributed by atoms with Crippen LogP contribution in [0.2, 0.25) is 0 Å². The summed E-state index contributed by atoms with van der Waals surface area (Å²) < 4.78 is 0. The summed E-state index contributed by atoms with van der Waals surface area (Å²) in [6.07, 6.45) is 3.77. The van der Waals surface area contributed by atoms with Gasteiger partial charge in [-0.05, 0) is 12.8 Å². The standard InChI is InChI=1S/C11H16N5O2S/c12-9(18)7-6-19-10(16-7)8(17)4-2-1-3-5-15-11(13)14/h4,6H,1-3,5H2,(H2,12,18)(H4,13,14,15). The second-order valence-corrected chi connectivity index (χ2v) is 4.66. The number of ketones is 1. The molecular weight excluding hydrogens is 266 g/mol. The molecule has 103 valence electrons. The predicted molar refractivity (Wildman–Crippen MR) is 73.0 cm³/mol.